The van der Waals surface area contributed by atoms with Gasteiger partial charge in [0.05, 0.1) is 22.8 Å². The largest absolute Gasteiger partial charge is 0.373 e. The quantitative estimate of drug-likeness (QED) is 0.644. The molecule has 1 aliphatic heterocycles. The molecule has 0 radical (unpaired) electrons. The number of thiazole rings is 1. The van der Waals surface area contributed by atoms with E-state index in [1.807, 2.05) is 0 Å². The van der Waals surface area contributed by atoms with Gasteiger partial charge in [-0.25, -0.2) is 4.98 Å². The topological polar surface area (TPSA) is 58.5 Å². The van der Waals surface area contributed by atoms with Crippen LogP contribution in [0.15, 0.2) is 10.4 Å². The molecule has 2 heterocycles. The first-order chi connectivity index (χ1) is 9.65. The van der Waals surface area contributed by atoms with Crippen molar-refractivity contribution in [2.75, 3.05) is 20.2 Å². The Bertz CT molecular complexity index is 452. The molecule has 1 atom stereocenters. The lowest BCUT2D eigenvalue weighted by atomic mass is 10.0. The molecule has 2 rings (SSSR count). The van der Waals surface area contributed by atoms with Crippen molar-refractivity contribution in [3.05, 3.63) is 16.1 Å². The molecule has 20 heavy (non-hydrogen) atoms. The van der Waals surface area contributed by atoms with Crippen molar-refractivity contribution in [1.82, 2.24) is 15.6 Å². The van der Waals surface area contributed by atoms with E-state index in [1.54, 1.807) is 18.4 Å². The molecule has 0 spiro atoms. The molecule has 1 unspecified atom stereocenters. The van der Waals surface area contributed by atoms with Gasteiger partial charge in [-0.1, -0.05) is 6.92 Å². The number of nitrogens with zero attached hydrogens (tertiary/aromatic N) is 2. The lowest BCUT2D eigenvalue weighted by molar-refractivity contribution is 0.0243. The van der Waals surface area contributed by atoms with Crippen molar-refractivity contribution >= 4 is 17.3 Å². The van der Waals surface area contributed by atoms with Crippen LogP contribution in [0.1, 0.15) is 37.4 Å². The summed E-state index contributed by atoms with van der Waals surface area (Å²) >= 11 is 1.71. The van der Waals surface area contributed by atoms with Gasteiger partial charge in [0.2, 0.25) is 0 Å². The van der Waals surface area contributed by atoms with Crippen molar-refractivity contribution in [3.63, 3.8) is 0 Å². The Kier molecular flexibility index (Phi) is 5.37. The Hall–Kier alpha value is -1.14. The van der Waals surface area contributed by atoms with Gasteiger partial charge < -0.3 is 15.4 Å². The molecular formula is C14H24N4OS. The number of guanidine groups is 1. The molecule has 1 fully saturated rings. The average molecular weight is 296 g/mol. The fraction of sp³-hybridized carbons (Fsp3) is 0.714. The molecule has 0 amide bonds. The van der Waals surface area contributed by atoms with Crippen LogP contribution in [0.4, 0.5) is 0 Å². The van der Waals surface area contributed by atoms with Crippen LogP contribution in [0, 0.1) is 0 Å². The van der Waals surface area contributed by atoms with Crippen LogP contribution in [0.2, 0.25) is 0 Å². The molecular weight excluding hydrogens is 272 g/mol. The van der Waals surface area contributed by atoms with Gasteiger partial charge in [-0.05, 0) is 26.2 Å². The Balaban J connectivity index is 1.77. The summed E-state index contributed by atoms with van der Waals surface area (Å²) in [5.74, 6) is 0.799. The zero-order chi connectivity index (χ0) is 14.4. The van der Waals surface area contributed by atoms with Crippen molar-refractivity contribution in [3.8, 4) is 0 Å². The smallest absolute Gasteiger partial charge is 0.191 e. The van der Waals surface area contributed by atoms with Gasteiger partial charge in [0.15, 0.2) is 5.96 Å². The van der Waals surface area contributed by atoms with Gasteiger partial charge in [0.25, 0.3) is 0 Å². The van der Waals surface area contributed by atoms with Crippen LogP contribution >= 0.6 is 11.3 Å². The Morgan fingerprint density at radius 2 is 2.40 bits per heavy atom. The number of aryl methyl sites for hydroxylation is 1. The molecule has 1 aromatic rings. The van der Waals surface area contributed by atoms with E-state index in [-0.39, 0.29) is 5.60 Å². The van der Waals surface area contributed by atoms with Crippen LogP contribution < -0.4 is 10.6 Å². The highest BCUT2D eigenvalue weighted by atomic mass is 32.1. The second kappa shape index (κ2) is 7.04. The van der Waals surface area contributed by atoms with Gasteiger partial charge in [-0.2, -0.15) is 0 Å². The lowest BCUT2D eigenvalue weighted by Gasteiger charge is -2.24. The highest BCUT2D eigenvalue weighted by Gasteiger charge is 2.29. The number of hydrogen-bond donors (Lipinski definition) is 2. The molecule has 6 heteroatoms. The van der Waals surface area contributed by atoms with Crippen LogP contribution in [0.5, 0.6) is 0 Å². The summed E-state index contributed by atoms with van der Waals surface area (Å²) in [6, 6.07) is 0. The van der Waals surface area contributed by atoms with Crippen molar-refractivity contribution in [1.29, 1.82) is 0 Å². The van der Waals surface area contributed by atoms with E-state index >= 15 is 0 Å². The third-order valence-corrected chi connectivity index (χ3v) is 4.53. The fourth-order valence-electron chi connectivity index (χ4n) is 2.23. The summed E-state index contributed by atoms with van der Waals surface area (Å²) in [6.07, 6.45) is 3.24. The predicted octanol–water partition coefficient (Wildman–Crippen LogP) is 1.94. The van der Waals surface area contributed by atoms with Crippen LogP contribution in [-0.2, 0) is 17.7 Å². The molecule has 1 aromatic heterocycles. The lowest BCUT2D eigenvalue weighted by Crippen LogP contribution is -2.45. The second-order valence-electron chi connectivity index (χ2n) is 5.27. The Morgan fingerprint density at radius 3 is 3.00 bits per heavy atom. The van der Waals surface area contributed by atoms with Gasteiger partial charge in [-0.15, -0.1) is 11.3 Å². The number of ether oxygens (including phenoxy) is 1. The van der Waals surface area contributed by atoms with Crippen molar-refractivity contribution in [2.24, 2.45) is 4.99 Å². The van der Waals surface area contributed by atoms with E-state index in [0.29, 0.717) is 6.54 Å². The number of nitrogens with one attached hydrogen (secondary N) is 2. The molecule has 0 aromatic carbocycles. The molecule has 0 bridgehead atoms. The van der Waals surface area contributed by atoms with E-state index in [2.05, 4.69) is 39.8 Å². The first-order valence-electron chi connectivity index (χ1n) is 7.17. The van der Waals surface area contributed by atoms with E-state index in [0.717, 1.165) is 44.1 Å². The second-order valence-corrected chi connectivity index (χ2v) is 6.21. The summed E-state index contributed by atoms with van der Waals surface area (Å²) in [7, 11) is 1.78. The predicted molar refractivity (Wildman–Crippen MR) is 83.3 cm³/mol. The van der Waals surface area contributed by atoms with Crippen molar-refractivity contribution in [2.45, 2.75) is 45.3 Å². The molecule has 112 valence electrons. The number of hydrogen-bond acceptors (Lipinski definition) is 4. The van der Waals surface area contributed by atoms with Gasteiger partial charge in [0, 0.05) is 25.6 Å². The Morgan fingerprint density at radius 1 is 1.55 bits per heavy atom. The van der Waals surface area contributed by atoms with E-state index in [4.69, 9.17) is 4.74 Å². The molecule has 1 saturated heterocycles. The first-order valence-corrected chi connectivity index (χ1v) is 8.05. The molecule has 0 saturated carbocycles. The summed E-state index contributed by atoms with van der Waals surface area (Å²) in [5.41, 5.74) is 1.01. The third-order valence-electron chi connectivity index (χ3n) is 3.49. The zero-order valence-corrected chi connectivity index (χ0v) is 13.3. The van der Waals surface area contributed by atoms with Crippen molar-refractivity contribution < 1.29 is 4.74 Å². The van der Waals surface area contributed by atoms with Crippen LogP contribution in [-0.4, -0.2) is 36.7 Å². The molecule has 0 aliphatic carbocycles. The minimum atomic E-state index is -0.0619. The molecule has 1 aliphatic rings. The average Bonchev–Trinajstić information content (AvgIpc) is 3.08. The maximum Gasteiger partial charge on any atom is 0.191 e. The minimum Gasteiger partial charge on any atom is -0.373 e. The van der Waals surface area contributed by atoms with E-state index < -0.39 is 0 Å². The molecule has 5 nitrogen and oxygen atoms in total. The maximum atomic E-state index is 5.76. The highest BCUT2D eigenvalue weighted by Crippen LogP contribution is 2.23. The number of rotatable bonds is 5. The fourth-order valence-corrected chi connectivity index (χ4v) is 2.98. The van der Waals surface area contributed by atoms with Crippen LogP contribution in [0.25, 0.3) is 0 Å². The first kappa shape index (κ1) is 15.3. The number of aliphatic imine (C=N–C) groups is 1. The van der Waals surface area contributed by atoms with E-state index in [1.165, 1.54) is 5.01 Å². The Labute approximate surface area is 124 Å². The standard InChI is InChI=1S/C14H24N4OS/c1-4-12-18-11(9-20-12)8-16-13(15-3)17-10-14(2)6-5-7-19-14/h9H,4-8,10H2,1-3H3,(H2,15,16,17). The van der Waals surface area contributed by atoms with Gasteiger partial charge in [-0.3, -0.25) is 4.99 Å². The number of aromatic nitrogens is 1. The van der Waals surface area contributed by atoms with Gasteiger partial charge >= 0.3 is 0 Å². The minimum absolute atomic E-state index is 0.0619. The van der Waals surface area contributed by atoms with Gasteiger partial charge in [0.1, 0.15) is 0 Å². The third kappa shape index (κ3) is 4.18. The SMILES string of the molecule is CCc1nc(CNC(=NC)NCC2(C)CCCO2)cs1. The highest BCUT2D eigenvalue weighted by molar-refractivity contribution is 7.09. The normalized spacial score (nSPS) is 23.1. The van der Waals surface area contributed by atoms with Crippen LogP contribution in [0.3, 0.4) is 0 Å². The molecule has 2 N–H and O–H groups in total. The maximum absolute atomic E-state index is 5.76. The summed E-state index contributed by atoms with van der Waals surface area (Å²) in [4.78, 5) is 8.77. The zero-order valence-electron chi connectivity index (χ0n) is 12.5. The van der Waals surface area contributed by atoms with E-state index in [9.17, 15) is 0 Å². The summed E-state index contributed by atoms with van der Waals surface area (Å²) < 4.78 is 5.76. The summed E-state index contributed by atoms with van der Waals surface area (Å²) in [6.45, 7) is 6.62. The monoisotopic (exact) mass is 296 g/mol. The summed E-state index contributed by atoms with van der Waals surface area (Å²) in [5, 5.41) is 9.90.